The number of unbranched alkanes of at least 4 members (excludes halogenated alkanes) is 3. The van der Waals surface area contributed by atoms with Crippen LogP contribution in [0, 0.1) is 11.8 Å². The van der Waals surface area contributed by atoms with Crippen molar-refractivity contribution in [1.29, 1.82) is 0 Å². The zero-order valence-electron chi connectivity index (χ0n) is 22.0. The van der Waals surface area contributed by atoms with Crippen molar-refractivity contribution in [2.45, 2.75) is 54.6 Å². The molecule has 4 saturated heterocycles. The molecular formula is C28H40N4O5S. The van der Waals surface area contributed by atoms with E-state index in [9.17, 15) is 14.4 Å². The van der Waals surface area contributed by atoms with Gasteiger partial charge >= 0.3 is 0 Å². The summed E-state index contributed by atoms with van der Waals surface area (Å²) in [6.07, 6.45) is 4.91. The number of likely N-dealkylation sites (tertiary alicyclic amines) is 1. The normalized spacial score (nSPS) is 30.4. The third-order valence-electron chi connectivity index (χ3n) is 8.53. The van der Waals surface area contributed by atoms with E-state index in [1.807, 2.05) is 30.3 Å². The predicted octanol–water partition coefficient (Wildman–Crippen LogP) is 1.72. The zero-order valence-corrected chi connectivity index (χ0v) is 22.8. The molecule has 3 N–H and O–H groups in total. The Morgan fingerprint density at radius 1 is 1.05 bits per heavy atom. The molecule has 4 fully saturated rings. The van der Waals surface area contributed by atoms with Gasteiger partial charge < -0.3 is 25.4 Å². The second-order valence-corrected chi connectivity index (χ2v) is 12.4. The monoisotopic (exact) mass is 544 g/mol. The van der Waals surface area contributed by atoms with Gasteiger partial charge in [0.05, 0.1) is 29.8 Å². The van der Waals surface area contributed by atoms with Crippen LogP contribution < -0.4 is 10.6 Å². The summed E-state index contributed by atoms with van der Waals surface area (Å²) in [5, 5.41) is 15.3. The van der Waals surface area contributed by atoms with Gasteiger partial charge in [0, 0.05) is 50.3 Å². The van der Waals surface area contributed by atoms with Gasteiger partial charge in [-0.3, -0.25) is 19.3 Å². The van der Waals surface area contributed by atoms with Crippen LogP contribution in [0.1, 0.15) is 38.5 Å². The Morgan fingerprint density at radius 3 is 2.58 bits per heavy atom. The molecular weight excluding hydrogens is 504 g/mol. The van der Waals surface area contributed by atoms with Crippen molar-refractivity contribution >= 4 is 35.2 Å². The highest BCUT2D eigenvalue weighted by Gasteiger charge is 2.73. The van der Waals surface area contributed by atoms with E-state index in [0.29, 0.717) is 26.3 Å². The molecule has 4 aliphatic heterocycles. The molecule has 38 heavy (non-hydrogen) atoms. The van der Waals surface area contributed by atoms with Crippen LogP contribution in [0.3, 0.4) is 0 Å². The highest BCUT2D eigenvalue weighted by molar-refractivity contribution is 8.02. The van der Waals surface area contributed by atoms with Gasteiger partial charge in [-0.2, -0.15) is 0 Å². The topological polar surface area (TPSA) is 111 Å². The number of carbonyl (C=O) groups is 3. The lowest BCUT2D eigenvalue weighted by molar-refractivity contribution is -0.139. The first-order valence-corrected chi connectivity index (χ1v) is 15.0. The van der Waals surface area contributed by atoms with E-state index >= 15 is 0 Å². The van der Waals surface area contributed by atoms with Crippen LogP contribution in [0.5, 0.6) is 0 Å². The molecule has 3 amide bonds. The van der Waals surface area contributed by atoms with Crippen LogP contribution >= 0.6 is 11.8 Å². The highest BCUT2D eigenvalue weighted by atomic mass is 32.2. The number of morpholine rings is 1. The summed E-state index contributed by atoms with van der Waals surface area (Å²) < 4.78 is 4.86. The van der Waals surface area contributed by atoms with Crippen LogP contribution in [0.2, 0.25) is 0 Å². The summed E-state index contributed by atoms with van der Waals surface area (Å²) in [5.74, 6) is -1.19. The Hall–Kier alpha value is -2.14. The molecule has 4 aliphatic rings. The Labute approximate surface area is 229 Å². The number of thioether (sulfide) groups is 1. The molecule has 1 aromatic rings. The van der Waals surface area contributed by atoms with Crippen molar-refractivity contribution in [2.75, 3.05) is 57.9 Å². The Kier molecular flexibility index (Phi) is 8.92. The second kappa shape index (κ2) is 12.4. The molecule has 208 valence electrons. The van der Waals surface area contributed by atoms with Crippen LogP contribution in [-0.2, 0) is 19.1 Å². The fourth-order valence-corrected chi connectivity index (χ4v) is 8.97. The maximum Gasteiger partial charge on any atom is 0.244 e. The Bertz CT molecular complexity index is 991. The van der Waals surface area contributed by atoms with Gasteiger partial charge in [-0.1, -0.05) is 31.0 Å². The number of amides is 3. The third kappa shape index (κ3) is 5.46. The van der Waals surface area contributed by atoms with Crippen LogP contribution in [0.25, 0.3) is 0 Å². The number of hydrogen-bond acceptors (Lipinski definition) is 7. The minimum atomic E-state index is -0.563. The quantitative estimate of drug-likeness (QED) is 0.344. The molecule has 0 radical (unpaired) electrons. The van der Waals surface area contributed by atoms with E-state index in [1.54, 1.807) is 16.7 Å². The van der Waals surface area contributed by atoms with Crippen molar-refractivity contribution in [3.63, 3.8) is 0 Å². The van der Waals surface area contributed by atoms with Crippen molar-refractivity contribution in [3.05, 3.63) is 30.3 Å². The fourth-order valence-electron chi connectivity index (χ4n) is 6.75. The molecule has 10 heteroatoms. The molecule has 0 aliphatic carbocycles. The summed E-state index contributed by atoms with van der Waals surface area (Å²) in [5.41, 5.74) is 0.725. The molecule has 5 atom stereocenters. The minimum Gasteiger partial charge on any atom is -0.396 e. The molecule has 0 aromatic heterocycles. The van der Waals surface area contributed by atoms with Gasteiger partial charge in [0.1, 0.15) is 6.04 Å². The van der Waals surface area contributed by atoms with Crippen LogP contribution in [0.15, 0.2) is 30.3 Å². The lowest BCUT2D eigenvalue weighted by atomic mass is 9.70. The summed E-state index contributed by atoms with van der Waals surface area (Å²) in [6.45, 7) is 5.10. The maximum absolute atomic E-state index is 14.0. The number of ether oxygens (including phenoxy) is 1. The number of anilines is 1. The molecule has 0 saturated carbocycles. The first-order valence-electron chi connectivity index (χ1n) is 14.1. The third-order valence-corrected chi connectivity index (χ3v) is 10.5. The van der Waals surface area contributed by atoms with Crippen LogP contribution in [0.4, 0.5) is 5.69 Å². The number of nitrogens with one attached hydrogen (secondary N) is 2. The fraction of sp³-hybridized carbons (Fsp3) is 0.679. The van der Waals surface area contributed by atoms with Gasteiger partial charge in [-0.05, 0) is 37.8 Å². The lowest BCUT2D eigenvalue weighted by Crippen LogP contribution is -2.54. The molecule has 1 aromatic carbocycles. The van der Waals surface area contributed by atoms with Crippen molar-refractivity contribution < 1.29 is 24.2 Å². The predicted molar refractivity (Wildman–Crippen MR) is 147 cm³/mol. The second-order valence-electron chi connectivity index (χ2n) is 10.8. The molecule has 4 heterocycles. The summed E-state index contributed by atoms with van der Waals surface area (Å²) in [7, 11) is 0. The van der Waals surface area contributed by atoms with E-state index in [2.05, 4.69) is 15.5 Å². The Morgan fingerprint density at radius 2 is 1.82 bits per heavy atom. The number of nitrogens with zero attached hydrogens (tertiary/aromatic N) is 2. The summed E-state index contributed by atoms with van der Waals surface area (Å²) in [6, 6.07) is 8.81. The van der Waals surface area contributed by atoms with Crippen molar-refractivity contribution in [2.24, 2.45) is 11.8 Å². The van der Waals surface area contributed by atoms with Gasteiger partial charge in [0.15, 0.2) is 0 Å². The zero-order chi connectivity index (χ0) is 26.5. The Balaban J connectivity index is 1.32. The molecule has 5 rings (SSSR count). The van der Waals surface area contributed by atoms with E-state index in [4.69, 9.17) is 9.84 Å². The standard InChI is InChI=1S/C28H40N4O5S/c33-17-7-2-1-6-13-32-24(26(35)29-12-14-31-15-18-37-19-16-31)28-11-10-21(38-28)22(23(28)27(32)36)25(34)30-20-8-4-3-5-9-20/h3-5,8-9,21-24,33H,1-2,6-7,10-19H2,(H,29,35)(H,30,34)/t21-,22+,23+,24?,28?/m1/s1. The van der Waals surface area contributed by atoms with Crippen molar-refractivity contribution in [3.8, 4) is 0 Å². The number of rotatable bonds is 12. The summed E-state index contributed by atoms with van der Waals surface area (Å²) in [4.78, 5) is 45.3. The molecule has 9 nitrogen and oxygen atoms in total. The van der Waals surface area contributed by atoms with Crippen molar-refractivity contribution in [1.82, 2.24) is 15.1 Å². The van der Waals surface area contributed by atoms with E-state index in [-0.39, 0.29) is 29.6 Å². The van der Waals surface area contributed by atoms with Gasteiger partial charge in [0.25, 0.3) is 0 Å². The summed E-state index contributed by atoms with van der Waals surface area (Å²) >= 11 is 1.71. The SMILES string of the molecule is O=C(NCCN1CCOCC1)C1N(CCCCCCO)C(=O)[C@@H]2[C@@H](C(=O)Nc3ccccc3)[C@H]3CCC12S3. The number of carbonyl (C=O) groups excluding carboxylic acids is 3. The van der Waals surface area contributed by atoms with E-state index in [1.165, 1.54) is 0 Å². The average Bonchev–Trinajstić information content (AvgIpc) is 3.57. The smallest absolute Gasteiger partial charge is 0.244 e. The molecule has 1 spiro atoms. The maximum atomic E-state index is 14.0. The van der Waals surface area contributed by atoms with E-state index < -0.39 is 22.6 Å². The number of benzene rings is 1. The largest absolute Gasteiger partial charge is 0.396 e. The molecule has 2 unspecified atom stereocenters. The van der Waals surface area contributed by atoms with Gasteiger partial charge in [0.2, 0.25) is 17.7 Å². The van der Waals surface area contributed by atoms with Crippen LogP contribution in [-0.4, -0.2) is 101 Å². The number of fused-ring (bicyclic) bond motifs is 1. The number of para-hydroxylation sites is 1. The minimum absolute atomic E-state index is 0.0445. The lowest BCUT2D eigenvalue weighted by Gasteiger charge is -2.34. The average molecular weight is 545 g/mol. The first kappa shape index (κ1) is 27.4. The van der Waals surface area contributed by atoms with Gasteiger partial charge in [-0.25, -0.2) is 0 Å². The first-order chi connectivity index (χ1) is 18.5. The van der Waals surface area contributed by atoms with Gasteiger partial charge in [-0.15, -0.1) is 11.8 Å². The van der Waals surface area contributed by atoms with E-state index in [0.717, 1.165) is 63.8 Å². The number of aliphatic hydroxyl groups is 1. The molecule has 2 bridgehead atoms. The number of aliphatic hydroxyl groups excluding tert-OH is 1. The highest BCUT2D eigenvalue weighted by Crippen LogP contribution is 2.66. The number of hydrogen-bond donors (Lipinski definition) is 3.